The molecule has 1 saturated heterocycles. The average Bonchev–Trinajstić information content (AvgIpc) is 2.76. The van der Waals surface area contributed by atoms with Crippen molar-refractivity contribution in [3.8, 4) is 0 Å². The molecule has 100 valence electrons. The molecule has 1 unspecified atom stereocenters. The summed E-state index contributed by atoms with van der Waals surface area (Å²) in [4.78, 5) is 0.402. The lowest BCUT2D eigenvalue weighted by Crippen LogP contribution is -2.34. The van der Waals surface area contributed by atoms with Crippen LogP contribution in [-0.4, -0.2) is 25.3 Å². The van der Waals surface area contributed by atoms with Crippen LogP contribution < -0.4 is 5.73 Å². The second-order valence-corrected chi connectivity index (χ2v) is 6.77. The molecule has 1 aliphatic rings. The molecular formula is C13H20N2O2S. The first-order valence-corrected chi connectivity index (χ1v) is 7.72. The Labute approximate surface area is 109 Å². The Bertz CT molecular complexity index is 540. The zero-order valence-corrected chi connectivity index (χ0v) is 11.7. The average molecular weight is 268 g/mol. The van der Waals surface area contributed by atoms with Crippen molar-refractivity contribution in [3.63, 3.8) is 0 Å². The SMILES string of the molecule is Cc1ccc(CN)cc1S(=O)(=O)N1CCCC1C. The molecule has 0 aromatic heterocycles. The highest BCUT2D eigenvalue weighted by atomic mass is 32.2. The molecule has 0 spiro atoms. The van der Waals surface area contributed by atoms with Crippen LogP contribution in [0.3, 0.4) is 0 Å². The highest BCUT2D eigenvalue weighted by Crippen LogP contribution is 2.28. The molecule has 0 saturated carbocycles. The maximum Gasteiger partial charge on any atom is 0.243 e. The van der Waals surface area contributed by atoms with Crippen LogP contribution in [0.5, 0.6) is 0 Å². The second kappa shape index (κ2) is 4.99. The lowest BCUT2D eigenvalue weighted by Gasteiger charge is -2.22. The number of hydrogen-bond donors (Lipinski definition) is 1. The fourth-order valence-electron chi connectivity index (χ4n) is 2.44. The summed E-state index contributed by atoms with van der Waals surface area (Å²) in [6, 6.07) is 5.50. The van der Waals surface area contributed by atoms with Gasteiger partial charge in [-0.2, -0.15) is 4.31 Å². The van der Waals surface area contributed by atoms with Gasteiger partial charge in [-0.05, 0) is 43.9 Å². The van der Waals surface area contributed by atoms with Crippen LogP contribution in [0.25, 0.3) is 0 Å². The molecule has 2 N–H and O–H groups in total. The van der Waals surface area contributed by atoms with E-state index in [0.717, 1.165) is 24.0 Å². The fourth-order valence-corrected chi connectivity index (χ4v) is 4.42. The van der Waals surface area contributed by atoms with Gasteiger partial charge in [0.05, 0.1) is 4.90 Å². The molecule has 2 rings (SSSR count). The minimum Gasteiger partial charge on any atom is -0.326 e. The molecule has 5 heteroatoms. The molecule has 1 atom stereocenters. The van der Waals surface area contributed by atoms with Gasteiger partial charge in [-0.1, -0.05) is 12.1 Å². The fraction of sp³-hybridized carbons (Fsp3) is 0.538. The molecule has 1 aliphatic heterocycles. The summed E-state index contributed by atoms with van der Waals surface area (Å²) in [5, 5.41) is 0. The van der Waals surface area contributed by atoms with E-state index < -0.39 is 10.0 Å². The standard InChI is InChI=1S/C13H20N2O2S/c1-10-5-6-12(9-14)8-13(10)18(16,17)15-7-3-4-11(15)2/h5-6,8,11H,3-4,7,9,14H2,1-2H3. The predicted molar refractivity (Wildman–Crippen MR) is 71.7 cm³/mol. The van der Waals surface area contributed by atoms with Crippen molar-refractivity contribution in [2.75, 3.05) is 6.54 Å². The van der Waals surface area contributed by atoms with Gasteiger partial charge >= 0.3 is 0 Å². The van der Waals surface area contributed by atoms with E-state index in [0.29, 0.717) is 18.0 Å². The number of rotatable bonds is 3. The largest absolute Gasteiger partial charge is 0.326 e. The Kier molecular flexibility index (Phi) is 3.75. The normalized spacial score (nSPS) is 21.4. The number of nitrogens with two attached hydrogens (primary N) is 1. The van der Waals surface area contributed by atoms with E-state index in [1.54, 1.807) is 10.4 Å². The smallest absolute Gasteiger partial charge is 0.243 e. The number of hydrogen-bond acceptors (Lipinski definition) is 3. The Hall–Kier alpha value is -0.910. The van der Waals surface area contributed by atoms with Gasteiger partial charge < -0.3 is 5.73 Å². The van der Waals surface area contributed by atoms with Gasteiger partial charge in [0.25, 0.3) is 0 Å². The summed E-state index contributed by atoms with van der Waals surface area (Å²) in [6.45, 7) is 4.77. The van der Waals surface area contributed by atoms with Gasteiger partial charge in [0.15, 0.2) is 0 Å². The van der Waals surface area contributed by atoms with Crippen molar-refractivity contribution in [1.29, 1.82) is 0 Å². The molecular weight excluding hydrogens is 248 g/mol. The monoisotopic (exact) mass is 268 g/mol. The minimum absolute atomic E-state index is 0.0935. The van der Waals surface area contributed by atoms with Gasteiger partial charge in [0, 0.05) is 19.1 Å². The van der Waals surface area contributed by atoms with Crippen LogP contribution in [0.1, 0.15) is 30.9 Å². The molecule has 18 heavy (non-hydrogen) atoms. The van der Waals surface area contributed by atoms with Crippen LogP contribution in [0.2, 0.25) is 0 Å². The molecule has 1 aromatic carbocycles. The third kappa shape index (κ3) is 2.30. The number of benzene rings is 1. The van der Waals surface area contributed by atoms with Crippen LogP contribution in [-0.2, 0) is 16.6 Å². The summed E-state index contributed by atoms with van der Waals surface area (Å²) in [5.74, 6) is 0. The molecule has 4 nitrogen and oxygen atoms in total. The summed E-state index contributed by atoms with van der Waals surface area (Å²) >= 11 is 0. The molecule has 0 bridgehead atoms. The maximum absolute atomic E-state index is 12.6. The van der Waals surface area contributed by atoms with E-state index in [9.17, 15) is 8.42 Å². The minimum atomic E-state index is -3.37. The van der Waals surface area contributed by atoms with Crippen molar-refractivity contribution in [2.24, 2.45) is 5.73 Å². The molecule has 0 amide bonds. The van der Waals surface area contributed by atoms with E-state index in [1.165, 1.54) is 0 Å². The summed E-state index contributed by atoms with van der Waals surface area (Å²) in [7, 11) is -3.37. The molecule has 1 fully saturated rings. The van der Waals surface area contributed by atoms with Crippen molar-refractivity contribution in [3.05, 3.63) is 29.3 Å². The van der Waals surface area contributed by atoms with Crippen molar-refractivity contribution >= 4 is 10.0 Å². The topological polar surface area (TPSA) is 63.4 Å². The third-order valence-electron chi connectivity index (χ3n) is 3.57. The maximum atomic E-state index is 12.6. The third-order valence-corrected chi connectivity index (χ3v) is 5.72. The first-order valence-electron chi connectivity index (χ1n) is 6.28. The highest BCUT2D eigenvalue weighted by molar-refractivity contribution is 7.89. The quantitative estimate of drug-likeness (QED) is 0.906. The summed E-state index contributed by atoms with van der Waals surface area (Å²) < 4.78 is 26.8. The van der Waals surface area contributed by atoms with Gasteiger partial charge in [-0.15, -0.1) is 0 Å². The molecule has 0 aliphatic carbocycles. The second-order valence-electron chi connectivity index (χ2n) is 4.91. The van der Waals surface area contributed by atoms with Crippen LogP contribution in [0, 0.1) is 6.92 Å². The first kappa shape index (κ1) is 13.5. The summed E-state index contributed by atoms with van der Waals surface area (Å²) in [5.41, 5.74) is 7.22. The van der Waals surface area contributed by atoms with Gasteiger partial charge in [0.1, 0.15) is 0 Å². The van der Waals surface area contributed by atoms with Gasteiger partial charge in [0.2, 0.25) is 10.0 Å². The van der Waals surface area contributed by atoms with Gasteiger partial charge in [-0.25, -0.2) is 8.42 Å². The van der Waals surface area contributed by atoms with Gasteiger partial charge in [-0.3, -0.25) is 0 Å². The molecule has 1 aromatic rings. The van der Waals surface area contributed by atoms with Crippen LogP contribution in [0.4, 0.5) is 0 Å². The predicted octanol–water partition coefficient (Wildman–Crippen LogP) is 1.63. The van der Waals surface area contributed by atoms with Crippen molar-refractivity contribution in [1.82, 2.24) is 4.31 Å². The first-order chi connectivity index (χ1) is 8.46. The Balaban J connectivity index is 2.46. The van der Waals surface area contributed by atoms with Crippen molar-refractivity contribution in [2.45, 2.75) is 44.2 Å². The highest BCUT2D eigenvalue weighted by Gasteiger charge is 2.33. The van der Waals surface area contributed by atoms with E-state index in [1.807, 2.05) is 26.0 Å². The van der Waals surface area contributed by atoms with Crippen LogP contribution >= 0.6 is 0 Å². The van der Waals surface area contributed by atoms with E-state index >= 15 is 0 Å². The number of nitrogens with zero attached hydrogens (tertiary/aromatic N) is 1. The van der Waals surface area contributed by atoms with Crippen molar-refractivity contribution < 1.29 is 8.42 Å². The molecule has 1 heterocycles. The summed E-state index contributed by atoms with van der Waals surface area (Å²) in [6.07, 6.45) is 1.88. The molecule has 0 radical (unpaired) electrons. The van der Waals surface area contributed by atoms with E-state index in [2.05, 4.69) is 0 Å². The zero-order valence-electron chi connectivity index (χ0n) is 10.9. The van der Waals surface area contributed by atoms with E-state index in [4.69, 9.17) is 5.73 Å². The van der Waals surface area contributed by atoms with E-state index in [-0.39, 0.29) is 6.04 Å². The Morgan fingerprint density at radius 2 is 2.17 bits per heavy atom. The number of aryl methyl sites for hydroxylation is 1. The van der Waals surface area contributed by atoms with Crippen LogP contribution in [0.15, 0.2) is 23.1 Å². The number of sulfonamides is 1. The zero-order chi connectivity index (χ0) is 13.3. The lowest BCUT2D eigenvalue weighted by molar-refractivity contribution is 0.408. The Morgan fingerprint density at radius 3 is 2.72 bits per heavy atom. The Morgan fingerprint density at radius 1 is 1.44 bits per heavy atom. The lowest BCUT2D eigenvalue weighted by atomic mass is 10.1.